The third-order valence-corrected chi connectivity index (χ3v) is 7.03. The summed E-state index contributed by atoms with van der Waals surface area (Å²) in [5, 5.41) is 0. The van der Waals surface area contributed by atoms with Gasteiger partial charge < -0.3 is 4.74 Å². The lowest BCUT2D eigenvalue weighted by Gasteiger charge is -2.33. The molecule has 2 aromatic carbocycles. The highest BCUT2D eigenvalue weighted by atomic mass is 32.2. The molecule has 174 valence electrons. The van der Waals surface area contributed by atoms with E-state index in [0.29, 0.717) is 21.9 Å². The smallest absolute Gasteiger partial charge is 0.268 e. The predicted octanol–water partition coefficient (Wildman–Crippen LogP) is 4.19. The summed E-state index contributed by atoms with van der Waals surface area (Å²) in [6.07, 6.45) is 4.03. The predicted molar refractivity (Wildman–Crippen MR) is 126 cm³/mol. The van der Waals surface area contributed by atoms with Crippen LogP contribution in [-0.2, 0) is 21.1 Å². The summed E-state index contributed by atoms with van der Waals surface area (Å²) in [5.41, 5.74) is 3.91. The summed E-state index contributed by atoms with van der Waals surface area (Å²) in [5.74, 6) is -0.725. The number of imidazole rings is 1. The fourth-order valence-corrected chi connectivity index (χ4v) is 4.71. The number of halogens is 1. The zero-order valence-corrected chi connectivity index (χ0v) is 19.6. The molecular formula is C24H22FN5O3S. The minimum atomic E-state index is -2.80. The van der Waals surface area contributed by atoms with Crippen LogP contribution in [0.25, 0.3) is 16.9 Å². The van der Waals surface area contributed by atoms with E-state index in [4.69, 9.17) is 9.52 Å². The molecule has 1 aliphatic heterocycles. The van der Waals surface area contributed by atoms with Gasteiger partial charge in [-0.1, -0.05) is 18.2 Å². The molecular weight excluding hydrogens is 457 g/mol. The maximum atomic E-state index is 14.4. The van der Waals surface area contributed by atoms with E-state index in [-0.39, 0.29) is 18.2 Å². The van der Waals surface area contributed by atoms with Crippen molar-refractivity contribution < 1.29 is 18.1 Å². The highest BCUT2D eigenvalue weighted by Gasteiger charge is 2.34. The van der Waals surface area contributed by atoms with Gasteiger partial charge in [0.1, 0.15) is 0 Å². The van der Waals surface area contributed by atoms with Crippen molar-refractivity contribution in [2.45, 2.75) is 31.4 Å². The lowest BCUT2D eigenvalue weighted by atomic mass is 10.1. The normalized spacial score (nSPS) is 17.4. The molecule has 0 spiro atoms. The van der Waals surface area contributed by atoms with E-state index in [1.807, 2.05) is 17.5 Å². The number of hydrogen-bond acceptors (Lipinski definition) is 6. The van der Waals surface area contributed by atoms with Crippen LogP contribution >= 0.6 is 0 Å². The Morgan fingerprint density at radius 3 is 2.65 bits per heavy atom. The summed E-state index contributed by atoms with van der Waals surface area (Å²) in [6, 6.07) is 11.4. The second-order valence-electron chi connectivity index (χ2n) is 8.29. The number of benzene rings is 2. The van der Waals surface area contributed by atoms with E-state index in [1.165, 1.54) is 17.2 Å². The molecule has 3 heterocycles. The first kappa shape index (κ1) is 22.0. The minimum Gasteiger partial charge on any atom is -0.476 e. The Hall–Kier alpha value is -3.79. The summed E-state index contributed by atoms with van der Waals surface area (Å²) in [7, 11) is -2.80. The van der Waals surface area contributed by atoms with E-state index < -0.39 is 21.7 Å². The topological polar surface area (TPSA) is 101 Å². The van der Waals surface area contributed by atoms with Crippen LogP contribution in [0.15, 0.2) is 59.8 Å². The van der Waals surface area contributed by atoms with Gasteiger partial charge in [0.2, 0.25) is 0 Å². The number of aryl methyl sites for hydroxylation is 1. The van der Waals surface area contributed by atoms with E-state index >= 15 is 0 Å². The average Bonchev–Trinajstić information content (AvgIpc) is 3.11. The quantitative estimate of drug-likeness (QED) is 0.473. The fourth-order valence-electron chi connectivity index (χ4n) is 4.05. The molecule has 2 aromatic heterocycles. The molecule has 1 aliphatic rings. The molecule has 10 heteroatoms. The van der Waals surface area contributed by atoms with Crippen LogP contribution in [0.5, 0.6) is 5.75 Å². The third-order valence-electron chi connectivity index (χ3n) is 5.86. The monoisotopic (exact) mass is 479 g/mol. The number of carbonyl (C=O) groups excluding carboxylic acids is 1. The molecule has 0 saturated carbocycles. The number of hydrogen-bond donors (Lipinski definition) is 1. The average molecular weight is 480 g/mol. The van der Waals surface area contributed by atoms with Crippen LogP contribution < -0.4 is 9.64 Å². The number of carbonyl (C=O) groups is 1. The van der Waals surface area contributed by atoms with E-state index in [9.17, 15) is 13.4 Å². The number of rotatable bonds is 4. The van der Waals surface area contributed by atoms with Crippen LogP contribution in [0.2, 0.25) is 0 Å². The highest BCUT2D eigenvalue weighted by molar-refractivity contribution is 7.91. The van der Waals surface area contributed by atoms with Gasteiger partial charge in [0, 0.05) is 22.9 Å². The summed E-state index contributed by atoms with van der Waals surface area (Å²) in [6.45, 7) is 3.63. The lowest BCUT2D eigenvalue weighted by molar-refractivity contribution is -0.125. The molecule has 2 atom stereocenters. The molecule has 34 heavy (non-hydrogen) atoms. The number of nitrogens with zero attached hydrogens (tertiary/aromatic N) is 4. The van der Waals surface area contributed by atoms with Gasteiger partial charge in [-0.25, -0.2) is 18.4 Å². The second kappa shape index (κ2) is 7.91. The Kier molecular flexibility index (Phi) is 5.12. The number of fused-ring (bicyclic) bond motifs is 2. The van der Waals surface area contributed by atoms with Gasteiger partial charge in [-0.15, -0.1) is 0 Å². The molecule has 1 unspecified atom stereocenters. The number of para-hydroxylation sites is 1. The van der Waals surface area contributed by atoms with Gasteiger partial charge in [-0.2, -0.15) is 0 Å². The van der Waals surface area contributed by atoms with Gasteiger partial charge in [0.25, 0.3) is 5.91 Å². The zero-order chi connectivity index (χ0) is 24.2. The molecule has 1 N–H and O–H groups in total. The summed E-state index contributed by atoms with van der Waals surface area (Å²) >= 11 is 0. The first-order chi connectivity index (χ1) is 16.1. The van der Waals surface area contributed by atoms with Crippen molar-refractivity contribution in [2.75, 3.05) is 11.2 Å². The van der Waals surface area contributed by atoms with E-state index in [1.54, 1.807) is 49.5 Å². The minimum absolute atomic E-state index is 0.0606. The molecule has 1 amide bonds. The fraction of sp³-hybridized carbons (Fsp3) is 0.208. The van der Waals surface area contributed by atoms with Crippen LogP contribution in [0, 0.1) is 17.5 Å². The molecule has 0 aliphatic carbocycles. The highest BCUT2D eigenvalue weighted by Crippen LogP contribution is 2.37. The van der Waals surface area contributed by atoms with Crippen molar-refractivity contribution in [1.82, 2.24) is 14.4 Å². The summed E-state index contributed by atoms with van der Waals surface area (Å²) in [4.78, 5) is 24.0. The van der Waals surface area contributed by atoms with Crippen molar-refractivity contribution in [3.8, 4) is 17.0 Å². The Balaban J connectivity index is 1.57. The van der Waals surface area contributed by atoms with Crippen molar-refractivity contribution in [2.24, 2.45) is 0 Å². The molecule has 0 fully saturated rings. The van der Waals surface area contributed by atoms with Crippen LogP contribution in [0.1, 0.15) is 18.3 Å². The largest absolute Gasteiger partial charge is 0.476 e. The Morgan fingerprint density at radius 2 is 1.94 bits per heavy atom. The van der Waals surface area contributed by atoms with Gasteiger partial charge in [-0.05, 0) is 38.1 Å². The number of amides is 1. The molecule has 4 aromatic rings. The molecule has 8 nitrogen and oxygen atoms in total. The van der Waals surface area contributed by atoms with Crippen LogP contribution in [0.3, 0.4) is 0 Å². The maximum absolute atomic E-state index is 14.4. The molecule has 0 saturated heterocycles. The standard InChI is InChI=1S/C24H22FN5O3S/c1-14-21(13-30-20-6-4-5-18(25)23(20)33-15(2)24(30)31)29-12-19(27-11-22(29)28-14)16-7-9-17(10-8-16)34(3,26)32/h4-12,15,26H,13H2,1-3H3/t15-,34?/m1/s1. The number of aromatic nitrogens is 3. The molecule has 0 radical (unpaired) electrons. The summed E-state index contributed by atoms with van der Waals surface area (Å²) < 4.78 is 41.5. The Labute approximate surface area is 196 Å². The van der Waals surface area contributed by atoms with Crippen LogP contribution in [0.4, 0.5) is 10.1 Å². The van der Waals surface area contributed by atoms with Gasteiger partial charge in [0.05, 0.1) is 45.2 Å². The van der Waals surface area contributed by atoms with Crippen molar-refractivity contribution in [1.29, 1.82) is 4.78 Å². The second-order valence-corrected chi connectivity index (χ2v) is 10.4. The van der Waals surface area contributed by atoms with Gasteiger partial charge >= 0.3 is 0 Å². The maximum Gasteiger partial charge on any atom is 0.268 e. The molecule has 5 rings (SSSR count). The van der Waals surface area contributed by atoms with E-state index in [0.717, 1.165) is 17.0 Å². The third kappa shape index (κ3) is 3.69. The first-order valence-electron chi connectivity index (χ1n) is 10.6. The Bertz CT molecular complexity index is 1550. The zero-order valence-electron chi connectivity index (χ0n) is 18.8. The first-order valence-corrected chi connectivity index (χ1v) is 12.5. The lowest BCUT2D eigenvalue weighted by Crippen LogP contribution is -2.44. The molecule has 0 bridgehead atoms. The van der Waals surface area contributed by atoms with E-state index in [2.05, 4.69) is 9.97 Å². The number of nitrogens with one attached hydrogen (secondary N) is 1. The number of anilines is 1. The van der Waals surface area contributed by atoms with Crippen LogP contribution in [-0.4, -0.2) is 36.8 Å². The SMILES string of the molecule is Cc1nc2cnc(-c3ccc(S(C)(=N)=O)cc3)cn2c1CN1C(=O)[C@@H](C)Oc2c(F)cccc21. The van der Waals surface area contributed by atoms with Crippen molar-refractivity contribution >= 4 is 27.0 Å². The van der Waals surface area contributed by atoms with Crippen molar-refractivity contribution in [3.05, 3.63) is 72.1 Å². The Morgan fingerprint density at radius 1 is 1.21 bits per heavy atom. The van der Waals surface area contributed by atoms with Gasteiger partial charge in [-0.3, -0.25) is 19.1 Å². The number of ether oxygens (including phenoxy) is 1. The van der Waals surface area contributed by atoms with Gasteiger partial charge in [0.15, 0.2) is 23.3 Å². The van der Waals surface area contributed by atoms with Crippen molar-refractivity contribution in [3.63, 3.8) is 0 Å².